The van der Waals surface area contributed by atoms with E-state index in [0.29, 0.717) is 0 Å². The van der Waals surface area contributed by atoms with Crippen molar-refractivity contribution in [3.05, 3.63) is 0 Å². The second kappa shape index (κ2) is 4.59. The van der Waals surface area contributed by atoms with Crippen molar-refractivity contribution in [2.24, 2.45) is 0 Å². The average molecular weight is 161 g/mol. The fourth-order valence-corrected chi connectivity index (χ4v) is 0.118. The van der Waals surface area contributed by atoms with E-state index in [1.807, 2.05) is 0 Å². The van der Waals surface area contributed by atoms with E-state index in [-0.39, 0.29) is 16.5 Å². The molecule has 0 spiro atoms. The van der Waals surface area contributed by atoms with Gasteiger partial charge in [-0.3, -0.25) is 0 Å². The Kier molecular flexibility index (Phi) is 5.98. The van der Waals surface area contributed by atoms with Gasteiger partial charge in [0.2, 0.25) is 0 Å². The van der Waals surface area contributed by atoms with Gasteiger partial charge in [0.1, 0.15) is 0 Å². The Morgan fingerprint density at radius 2 is 1.38 bits per heavy atom. The topological polar surface area (TPSA) is 80.3 Å². The summed E-state index contributed by atoms with van der Waals surface area (Å²) in [4.78, 5) is 18.6. The molecule has 0 bridgehead atoms. The molecule has 8 heavy (non-hydrogen) atoms. The predicted molar refractivity (Wildman–Crippen MR) is 14.6 cm³/mol. The summed E-state index contributed by atoms with van der Waals surface area (Å²) in [6.07, 6.45) is -1.03. The summed E-state index contributed by atoms with van der Waals surface area (Å²) >= 11 is 0. The zero-order chi connectivity index (χ0) is 5.86. The fraction of sp³-hybridized carbons (Fsp3) is 0.333. The van der Waals surface area contributed by atoms with E-state index in [9.17, 15) is 19.8 Å². The molecule has 0 aliphatic rings. The Labute approximate surface area is 55.4 Å². The molecule has 0 fully saturated rings. The van der Waals surface area contributed by atoms with Crippen LogP contribution in [0.5, 0.6) is 0 Å². The Balaban J connectivity index is 0. The Hall–Kier alpha value is -0.566. The van der Waals surface area contributed by atoms with E-state index < -0.39 is 18.4 Å². The molecule has 0 atom stereocenters. The van der Waals surface area contributed by atoms with Crippen LogP contribution in [-0.2, 0) is 26.1 Å². The molecule has 0 radical (unpaired) electrons. The van der Waals surface area contributed by atoms with Crippen LogP contribution in [0.25, 0.3) is 0 Å². The largest absolute Gasteiger partial charge is 2.00 e. The minimum absolute atomic E-state index is 0. The summed E-state index contributed by atoms with van der Waals surface area (Å²) in [5, 5.41) is 18.6. The smallest absolute Gasteiger partial charge is 0.550 e. The summed E-state index contributed by atoms with van der Waals surface area (Å²) in [6, 6.07) is 0. The molecule has 0 unspecified atom stereocenters. The van der Waals surface area contributed by atoms with Gasteiger partial charge in [-0.05, 0) is 0 Å². The molecule has 0 amide bonds. The molecular weight excluding hydrogens is 159 g/mol. The minimum atomic E-state index is -1.63. The van der Waals surface area contributed by atoms with Crippen LogP contribution >= 0.6 is 0 Å². The summed E-state index contributed by atoms with van der Waals surface area (Å²) in [5.74, 6) is -3.25. The van der Waals surface area contributed by atoms with Crippen LogP contribution in [0.4, 0.5) is 0 Å². The van der Waals surface area contributed by atoms with Crippen molar-refractivity contribution in [2.45, 2.75) is 6.42 Å². The minimum Gasteiger partial charge on any atom is -0.550 e. The first kappa shape index (κ1) is 10.4. The van der Waals surface area contributed by atoms with Crippen LogP contribution in [0.3, 0.4) is 0 Å². The molecule has 4 nitrogen and oxygen atoms in total. The SMILES string of the molecule is O=C([O-])CC(=O)[O-].[Ni+2]. The van der Waals surface area contributed by atoms with Gasteiger partial charge in [0, 0.05) is 18.4 Å². The van der Waals surface area contributed by atoms with Crippen LogP contribution in [0.2, 0.25) is 0 Å². The van der Waals surface area contributed by atoms with Gasteiger partial charge >= 0.3 is 16.5 Å². The number of rotatable bonds is 2. The molecule has 5 heteroatoms. The molecule has 0 N–H and O–H groups in total. The first-order valence-corrected chi connectivity index (χ1v) is 1.52. The van der Waals surface area contributed by atoms with E-state index in [2.05, 4.69) is 0 Å². The maximum atomic E-state index is 9.28. The van der Waals surface area contributed by atoms with Gasteiger partial charge < -0.3 is 19.8 Å². The van der Waals surface area contributed by atoms with E-state index in [1.165, 1.54) is 0 Å². The Morgan fingerprint density at radius 3 is 1.38 bits per heavy atom. The van der Waals surface area contributed by atoms with Crippen LogP contribution in [-0.4, -0.2) is 11.9 Å². The van der Waals surface area contributed by atoms with Crippen molar-refractivity contribution < 1.29 is 36.3 Å². The zero-order valence-electron chi connectivity index (χ0n) is 3.66. The fourth-order valence-electron chi connectivity index (χ4n) is 0.118. The van der Waals surface area contributed by atoms with Gasteiger partial charge in [-0.15, -0.1) is 0 Å². The maximum Gasteiger partial charge on any atom is 2.00 e. The molecule has 0 aliphatic carbocycles. The summed E-state index contributed by atoms with van der Waals surface area (Å²) in [6.45, 7) is 0. The Bertz CT molecular complexity index is 87.5. The van der Waals surface area contributed by atoms with E-state index >= 15 is 0 Å². The second-order valence-corrected chi connectivity index (χ2v) is 0.921. The summed E-state index contributed by atoms with van der Waals surface area (Å²) in [7, 11) is 0. The molecule has 0 aromatic carbocycles. The first-order valence-electron chi connectivity index (χ1n) is 1.52. The van der Waals surface area contributed by atoms with Crippen LogP contribution in [0.1, 0.15) is 6.42 Å². The van der Waals surface area contributed by atoms with Gasteiger partial charge in [0.05, 0.1) is 0 Å². The first-order chi connectivity index (χ1) is 3.13. The van der Waals surface area contributed by atoms with Gasteiger partial charge in [0.15, 0.2) is 0 Å². The molecule has 0 saturated heterocycles. The average Bonchev–Trinajstić information content (AvgIpc) is 1.27. The van der Waals surface area contributed by atoms with Crippen molar-refractivity contribution >= 4 is 11.9 Å². The quantitative estimate of drug-likeness (QED) is 0.316. The molecule has 0 heterocycles. The number of carbonyl (C=O) groups is 2. The van der Waals surface area contributed by atoms with Crippen LogP contribution in [0, 0.1) is 0 Å². The van der Waals surface area contributed by atoms with E-state index in [1.54, 1.807) is 0 Å². The van der Waals surface area contributed by atoms with E-state index in [4.69, 9.17) is 0 Å². The standard InChI is InChI=1S/C3H4O4.Ni/c4-2(5)1-3(6)7;/h1H2,(H,4,5)(H,6,7);/q;+2/p-2. The van der Waals surface area contributed by atoms with Crippen LogP contribution in [0.15, 0.2) is 0 Å². The number of aliphatic carboxylic acids is 2. The molecule has 0 rings (SSSR count). The van der Waals surface area contributed by atoms with Crippen molar-refractivity contribution in [3.8, 4) is 0 Å². The third-order valence-electron chi connectivity index (χ3n) is 0.289. The normalized spacial score (nSPS) is 7.00. The van der Waals surface area contributed by atoms with Gasteiger partial charge in [-0.1, -0.05) is 0 Å². The van der Waals surface area contributed by atoms with Gasteiger partial charge in [-0.2, -0.15) is 0 Å². The van der Waals surface area contributed by atoms with Gasteiger partial charge in [0.25, 0.3) is 0 Å². The zero-order valence-corrected chi connectivity index (χ0v) is 4.64. The number of carboxylic acid groups (broad SMARTS) is 2. The van der Waals surface area contributed by atoms with Crippen LogP contribution < -0.4 is 10.2 Å². The number of hydrogen-bond donors (Lipinski definition) is 0. The monoisotopic (exact) mass is 160 g/mol. The summed E-state index contributed by atoms with van der Waals surface area (Å²) in [5.41, 5.74) is 0. The summed E-state index contributed by atoms with van der Waals surface area (Å²) < 4.78 is 0. The van der Waals surface area contributed by atoms with Crippen molar-refractivity contribution in [1.29, 1.82) is 0 Å². The number of carbonyl (C=O) groups excluding carboxylic acids is 2. The third-order valence-corrected chi connectivity index (χ3v) is 0.289. The second-order valence-electron chi connectivity index (χ2n) is 0.921. The van der Waals surface area contributed by atoms with E-state index in [0.717, 1.165) is 0 Å². The molecule has 0 aliphatic heterocycles. The molecule has 0 aromatic heterocycles. The molecule has 0 aromatic rings. The van der Waals surface area contributed by atoms with Crippen molar-refractivity contribution in [1.82, 2.24) is 0 Å². The number of carboxylic acids is 2. The maximum absolute atomic E-state index is 9.28. The van der Waals surface area contributed by atoms with Gasteiger partial charge in [-0.25, -0.2) is 0 Å². The third kappa shape index (κ3) is 9.06. The molecule has 48 valence electrons. The number of hydrogen-bond acceptors (Lipinski definition) is 4. The predicted octanol–water partition coefficient (Wildman–Crippen LogP) is -3.13. The Morgan fingerprint density at radius 1 is 1.12 bits per heavy atom. The van der Waals surface area contributed by atoms with Crippen molar-refractivity contribution in [3.63, 3.8) is 0 Å². The molecule has 0 saturated carbocycles. The van der Waals surface area contributed by atoms with Crippen molar-refractivity contribution in [2.75, 3.05) is 0 Å². The molecular formula is C3H2NiO4.